The van der Waals surface area contributed by atoms with Crippen molar-refractivity contribution in [1.82, 2.24) is 10.2 Å². The highest BCUT2D eigenvalue weighted by Crippen LogP contribution is 2.28. The Balaban J connectivity index is 2.06. The highest BCUT2D eigenvalue weighted by atomic mass is 35.5. The summed E-state index contributed by atoms with van der Waals surface area (Å²) in [6, 6.07) is 14.9. The maximum atomic E-state index is 15.0. The van der Waals surface area contributed by atoms with Crippen LogP contribution in [-0.2, 0) is 26.2 Å². The number of rotatable bonds is 11. The maximum absolute atomic E-state index is 15.0. The van der Waals surface area contributed by atoms with E-state index in [-0.39, 0.29) is 28.2 Å². The van der Waals surface area contributed by atoms with E-state index in [2.05, 4.69) is 5.32 Å². The van der Waals surface area contributed by atoms with Gasteiger partial charge in [-0.05, 0) is 69.2 Å². The predicted molar refractivity (Wildman–Crippen MR) is 156 cm³/mol. The lowest BCUT2D eigenvalue weighted by atomic mass is 10.1. The number of nitrogens with one attached hydrogen (secondary N) is 1. The van der Waals surface area contributed by atoms with Gasteiger partial charge in [0.05, 0.1) is 10.6 Å². The fraction of sp³-hybridized carbons (Fsp3) is 0.310. The molecular weight excluding hydrogens is 576 g/mol. The highest BCUT2D eigenvalue weighted by Gasteiger charge is 2.34. The van der Waals surface area contributed by atoms with Crippen LogP contribution in [0, 0.1) is 12.7 Å². The van der Waals surface area contributed by atoms with Crippen LogP contribution in [0.4, 0.5) is 10.1 Å². The van der Waals surface area contributed by atoms with Gasteiger partial charge in [-0.1, -0.05) is 66.0 Å². The van der Waals surface area contributed by atoms with Crippen LogP contribution < -0.4 is 9.62 Å². The molecule has 0 aliphatic rings. The van der Waals surface area contributed by atoms with E-state index >= 15 is 0 Å². The fourth-order valence-corrected chi connectivity index (χ4v) is 5.78. The van der Waals surface area contributed by atoms with Crippen molar-refractivity contribution in [1.29, 1.82) is 0 Å². The molecule has 3 rings (SSSR count). The number of anilines is 1. The van der Waals surface area contributed by atoms with E-state index in [1.54, 1.807) is 38.1 Å². The average molecular weight is 609 g/mol. The van der Waals surface area contributed by atoms with Gasteiger partial charge in [-0.15, -0.1) is 0 Å². The van der Waals surface area contributed by atoms with Gasteiger partial charge >= 0.3 is 0 Å². The van der Waals surface area contributed by atoms with Gasteiger partial charge in [0.1, 0.15) is 18.4 Å². The van der Waals surface area contributed by atoms with E-state index in [0.29, 0.717) is 17.0 Å². The average Bonchev–Trinajstić information content (AvgIpc) is 2.91. The summed E-state index contributed by atoms with van der Waals surface area (Å²) in [5.41, 5.74) is 1.04. The van der Waals surface area contributed by atoms with E-state index < -0.39 is 40.2 Å². The lowest BCUT2D eigenvalue weighted by Crippen LogP contribution is -2.52. The second kappa shape index (κ2) is 13.5. The van der Waals surface area contributed by atoms with Gasteiger partial charge in [-0.2, -0.15) is 0 Å². The third-order valence-corrected chi connectivity index (χ3v) is 8.89. The summed E-state index contributed by atoms with van der Waals surface area (Å²) in [6.45, 7) is 6.22. The van der Waals surface area contributed by atoms with Crippen molar-refractivity contribution in [3.8, 4) is 0 Å². The molecule has 0 saturated heterocycles. The molecule has 40 heavy (non-hydrogen) atoms. The number of hydrogen-bond acceptors (Lipinski definition) is 4. The first kappa shape index (κ1) is 31.4. The van der Waals surface area contributed by atoms with Gasteiger partial charge < -0.3 is 10.2 Å². The molecule has 11 heteroatoms. The van der Waals surface area contributed by atoms with Crippen molar-refractivity contribution < 1.29 is 22.4 Å². The fourth-order valence-electron chi connectivity index (χ4n) is 3.89. The normalized spacial score (nSPS) is 12.9. The summed E-state index contributed by atoms with van der Waals surface area (Å²) in [6.07, 6.45) is 0.672. The number of nitrogens with zero attached hydrogens (tertiary/aromatic N) is 2. The van der Waals surface area contributed by atoms with Gasteiger partial charge in [0.2, 0.25) is 11.8 Å². The summed E-state index contributed by atoms with van der Waals surface area (Å²) >= 11 is 12.4. The first-order valence-corrected chi connectivity index (χ1v) is 14.9. The molecule has 0 aliphatic carbocycles. The van der Waals surface area contributed by atoms with Crippen molar-refractivity contribution in [3.63, 3.8) is 0 Å². The molecule has 2 amide bonds. The maximum Gasteiger partial charge on any atom is 0.264 e. The number of aryl methyl sites for hydroxylation is 1. The quantitative estimate of drug-likeness (QED) is 0.291. The topological polar surface area (TPSA) is 86.8 Å². The number of halogens is 3. The largest absolute Gasteiger partial charge is 0.352 e. The van der Waals surface area contributed by atoms with Crippen LogP contribution in [0.1, 0.15) is 38.3 Å². The second-order valence-corrected chi connectivity index (χ2v) is 12.2. The van der Waals surface area contributed by atoms with Crippen LogP contribution >= 0.6 is 23.2 Å². The van der Waals surface area contributed by atoms with E-state index in [4.69, 9.17) is 23.2 Å². The van der Waals surface area contributed by atoms with Gasteiger partial charge in [-0.25, -0.2) is 12.8 Å². The molecule has 0 saturated carbocycles. The summed E-state index contributed by atoms with van der Waals surface area (Å²) in [4.78, 5) is 28.1. The Morgan fingerprint density at radius 3 is 2.25 bits per heavy atom. The number of benzene rings is 3. The van der Waals surface area contributed by atoms with Gasteiger partial charge in [0, 0.05) is 22.6 Å². The third-order valence-electron chi connectivity index (χ3n) is 6.53. The summed E-state index contributed by atoms with van der Waals surface area (Å²) in [7, 11) is -4.38. The Hall–Kier alpha value is -3.14. The van der Waals surface area contributed by atoms with Crippen molar-refractivity contribution in [2.24, 2.45) is 0 Å². The molecule has 0 bridgehead atoms. The zero-order valence-corrected chi connectivity index (χ0v) is 25.0. The van der Waals surface area contributed by atoms with Gasteiger partial charge in [0.25, 0.3) is 10.0 Å². The molecule has 2 atom stereocenters. The Bertz CT molecular complexity index is 1470. The van der Waals surface area contributed by atoms with Crippen LogP contribution in [-0.4, -0.2) is 43.8 Å². The van der Waals surface area contributed by atoms with Crippen molar-refractivity contribution in [2.75, 3.05) is 10.8 Å². The van der Waals surface area contributed by atoms with Crippen molar-refractivity contribution in [2.45, 2.75) is 57.6 Å². The molecule has 3 aromatic rings. The van der Waals surface area contributed by atoms with E-state index in [0.717, 1.165) is 15.9 Å². The Morgan fingerprint density at radius 2 is 1.65 bits per heavy atom. The number of carbonyl (C=O) groups is 2. The zero-order chi connectivity index (χ0) is 29.6. The Labute approximate surface area is 244 Å². The summed E-state index contributed by atoms with van der Waals surface area (Å²) in [5.74, 6) is -1.97. The number of sulfonamides is 1. The summed E-state index contributed by atoms with van der Waals surface area (Å²) in [5, 5.41) is 3.52. The number of carbonyl (C=O) groups excluding carboxylic acids is 2. The predicted octanol–water partition coefficient (Wildman–Crippen LogP) is 5.97. The van der Waals surface area contributed by atoms with Crippen LogP contribution in [0.15, 0.2) is 71.6 Å². The van der Waals surface area contributed by atoms with Gasteiger partial charge in [0.15, 0.2) is 0 Å². The molecule has 0 fully saturated rings. The van der Waals surface area contributed by atoms with Crippen LogP contribution in [0.3, 0.4) is 0 Å². The lowest BCUT2D eigenvalue weighted by Gasteiger charge is -2.32. The molecule has 214 valence electrons. The Morgan fingerprint density at radius 1 is 1.00 bits per heavy atom. The number of hydrogen-bond donors (Lipinski definition) is 1. The highest BCUT2D eigenvalue weighted by molar-refractivity contribution is 7.92. The minimum Gasteiger partial charge on any atom is -0.352 e. The van der Waals surface area contributed by atoms with E-state index in [1.807, 2.05) is 13.8 Å². The molecule has 0 unspecified atom stereocenters. The minimum atomic E-state index is -4.38. The van der Waals surface area contributed by atoms with E-state index in [9.17, 15) is 22.4 Å². The molecule has 1 N–H and O–H groups in total. The van der Waals surface area contributed by atoms with Crippen molar-refractivity contribution >= 4 is 50.7 Å². The SMILES string of the molecule is CC[C@@H](C)NC(=O)[C@@H](C)N(Cc1ccc(Cl)cc1Cl)C(=O)CN(c1ccccc1F)S(=O)(=O)c1ccc(C)cc1. The van der Waals surface area contributed by atoms with Crippen LogP contribution in [0.2, 0.25) is 10.0 Å². The first-order valence-electron chi connectivity index (χ1n) is 12.7. The molecule has 0 aromatic heterocycles. The smallest absolute Gasteiger partial charge is 0.264 e. The molecular formula is C29H32Cl2FN3O4S. The van der Waals surface area contributed by atoms with Crippen molar-refractivity contribution in [3.05, 3.63) is 93.7 Å². The van der Waals surface area contributed by atoms with E-state index in [1.165, 1.54) is 41.3 Å². The molecule has 0 aliphatic heterocycles. The number of amides is 2. The molecule has 3 aromatic carbocycles. The number of para-hydroxylation sites is 1. The third kappa shape index (κ3) is 7.53. The second-order valence-electron chi connectivity index (χ2n) is 9.53. The zero-order valence-electron chi connectivity index (χ0n) is 22.7. The Kier molecular flexibility index (Phi) is 10.6. The first-order chi connectivity index (χ1) is 18.8. The van der Waals surface area contributed by atoms with Crippen LogP contribution in [0.5, 0.6) is 0 Å². The molecule has 7 nitrogen and oxygen atoms in total. The van der Waals surface area contributed by atoms with Crippen LogP contribution in [0.25, 0.3) is 0 Å². The standard InChI is InChI=1S/C29H32Cl2FN3O4S/c1-5-20(3)33-29(37)21(4)34(17-22-12-13-23(30)16-25(22)31)28(36)18-35(27-9-7-6-8-26(27)32)40(38,39)24-14-10-19(2)11-15-24/h6-16,20-21H,5,17-18H2,1-4H3,(H,33,37)/t20-,21-/m1/s1. The minimum absolute atomic E-state index is 0.107. The molecule has 0 spiro atoms. The monoisotopic (exact) mass is 607 g/mol. The summed E-state index contributed by atoms with van der Waals surface area (Å²) < 4.78 is 43.2. The van der Waals surface area contributed by atoms with Gasteiger partial charge in [-0.3, -0.25) is 13.9 Å². The molecule has 0 radical (unpaired) electrons. The molecule has 0 heterocycles. The lowest BCUT2D eigenvalue weighted by molar-refractivity contribution is -0.139.